The molecule has 4 rings (SSSR count). The van der Waals surface area contributed by atoms with Gasteiger partial charge in [-0.05, 0) is 47.0 Å². The Labute approximate surface area is 182 Å². The fourth-order valence-electron chi connectivity index (χ4n) is 3.55. The summed E-state index contributed by atoms with van der Waals surface area (Å²) in [4.78, 5) is 26.6. The van der Waals surface area contributed by atoms with Gasteiger partial charge in [0, 0.05) is 17.2 Å². The number of aliphatic hydroxyl groups excluding tert-OH is 1. The first-order chi connectivity index (χ1) is 14.4. The van der Waals surface area contributed by atoms with Gasteiger partial charge in [-0.1, -0.05) is 52.3 Å². The van der Waals surface area contributed by atoms with Gasteiger partial charge in [0.05, 0.1) is 12.1 Å². The first kappa shape index (κ1) is 20.3. The van der Waals surface area contributed by atoms with E-state index in [-0.39, 0.29) is 18.2 Å². The normalized spacial score (nSPS) is 15.6. The van der Waals surface area contributed by atoms with Crippen molar-refractivity contribution in [3.05, 3.63) is 82.3 Å². The number of halogens is 1. The van der Waals surface area contributed by atoms with Crippen molar-refractivity contribution in [2.24, 2.45) is 0 Å². The van der Waals surface area contributed by atoms with Crippen LogP contribution in [0.2, 0.25) is 0 Å². The van der Waals surface area contributed by atoms with E-state index in [1.54, 1.807) is 30.1 Å². The number of anilines is 2. The number of hydrogen-bond donors (Lipinski definition) is 3. The predicted octanol–water partition coefficient (Wildman–Crippen LogP) is 2.73. The second-order valence-corrected chi connectivity index (χ2v) is 8.09. The highest BCUT2D eigenvalue weighted by Crippen LogP contribution is 2.26. The number of carbonyl (C=O) groups excluding carboxylic acids is 2. The van der Waals surface area contributed by atoms with Gasteiger partial charge in [0.1, 0.15) is 5.56 Å². The van der Waals surface area contributed by atoms with Crippen LogP contribution in [0, 0.1) is 0 Å². The Morgan fingerprint density at radius 2 is 1.70 bits per heavy atom. The summed E-state index contributed by atoms with van der Waals surface area (Å²) in [6, 6.07) is 21.0. The molecule has 4 N–H and O–H groups in total. The maximum Gasteiger partial charge on any atom is 0.348 e. The van der Waals surface area contributed by atoms with Crippen LogP contribution in [0.25, 0.3) is 11.1 Å². The van der Waals surface area contributed by atoms with Gasteiger partial charge in [-0.25, -0.2) is 10.1 Å². The van der Waals surface area contributed by atoms with Gasteiger partial charge in [-0.3, -0.25) is 4.79 Å². The highest BCUT2D eigenvalue weighted by molar-refractivity contribution is 9.10. The third-order valence-electron chi connectivity index (χ3n) is 5.15. The van der Waals surface area contributed by atoms with Crippen LogP contribution in [-0.4, -0.2) is 30.3 Å². The quantitative estimate of drug-likeness (QED) is 0.551. The van der Waals surface area contributed by atoms with Gasteiger partial charge in [0.2, 0.25) is 5.91 Å². The first-order valence-electron chi connectivity index (χ1n) is 9.50. The Hall–Kier alpha value is -3.00. The summed E-state index contributed by atoms with van der Waals surface area (Å²) in [7, 11) is 1.71. The first-order valence-corrected chi connectivity index (χ1v) is 10.3. The molecule has 0 fully saturated rings. The van der Waals surface area contributed by atoms with E-state index in [0.29, 0.717) is 22.5 Å². The van der Waals surface area contributed by atoms with E-state index in [0.717, 1.165) is 15.6 Å². The third kappa shape index (κ3) is 4.14. The molecule has 0 radical (unpaired) electrons. The van der Waals surface area contributed by atoms with Crippen LogP contribution in [0.1, 0.15) is 15.9 Å². The predicted molar refractivity (Wildman–Crippen MR) is 119 cm³/mol. The molecule has 1 aliphatic rings. The van der Waals surface area contributed by atoms with Gasteiger partial charge in [0.15, 0.2) is 0 Å². The Kier molecular flexibility index (Phi) is 5.67. The Bertz CT molecular complexity index is 1100. The lowest BCUT2D eigenvalue weighted by Gasteiger charge is -2.29. The van der Waals surface area contributed by atoms with Crippen molar-refractivity contribution in [1.29, 1.82) is 0 Å². The number of carbonyl (C=O) groups is 2. The number of benzene rings is 3. The number of fused-ring (bicyclic) bond motifs is 1. The smallest absolute Gasteiger partial charge is 0.327 e. The van der Waals surface area contributed by atoms with Crippen LogP contribution >= 0.6 is 15.9 Å². The van der Waals surface area contributed by atoms with E-state index in [9.17, 15) is 14.7 Å². The average Bonchev–Trinajstić information content (AvgIpc) is 2.73. The Morgan fingerprint density at radius 3 is 2.37 bits per heavy atom. The number of amides is 2. The average molecular weight is 467 g/mol. The van der Waals surface area contributed by atoms with Crippen molar-refractivity contribution in [2.45, 2.75) is 12.8 Å². The Morgan fingerprint density at radius 1 is 1.07 bits per heavy atom. The molecule has 152 valence electrons. The molecule has 0 aliphatic carbocycles. The molecule has 30 heavy (non-hydrogen) atoms. The van der Waals surface area contributed by atoms with Crippen LogP contribution in [0.15, 0.2) is 71.2 Å². The summed E-state index contributed by atoms with van der Waals surface area (Å²) >= 11 is 3.43. The maximum absolute atomic E-state index is 12.6. The van der Waals surface area contributed by atoms with Crippen molar-refractivity contribution < 1.29 is 20.0 Å². The van der Waals surface area contributed by atoms with Gasteiger partial charge in [0.25, 0.3) is 6.35 Å². The standard InChI is InChI=1S/C23H20BrN3O3/c1-27-19-4-2-3-16(21(19)22(29)26-23(27)30)13-20(28)25-18-11-7-15(8-12-18)14-5-9-17(24)10-6-14/h2-12,23,30H,13H2,1H3,(H,25,28)(H,26,29)/p+1. The van der Waals surface area contributed by atoms with E-state index in [1.165, 1.54) is 5.32 Å². The molecule has 6 nitrogen and oxygen atoms in total. The second-order valence-electron chi connectivity index (χ2n) is 7.18. The molecular weight excluding hydrogens is 446 g/mol. The second kappa shape index (κ2) is 8.39. The van der Waals surface area contributed by atoms with Gasteiger partial charge < -0.3 is 15.3 Å². The number of nitrogens with one attached hydrogen (secondary N) is 1. The number of nitrogens with zero attached hydrogens (tertiary/aromatic N) is 1. The highest BCUT2D eigenvalue weighted by atomic mass is 79.9. The SMILES string of the molecule is CN1c2cccc(CC(=O)Nc3ccc(-c4ccc(Br)cc4)cc3)c2C(=O)[NH2+]C1O. The molecule has 1 unspecified atom stereocenters. The molecule has 0 spiro atoms. The number of quaternary nitrogens is 1. The van der Waals surface area contributed by atoms with E-state index in [2.05, 4.69) is 21.2 Å². The van der Waals surface area contributed by atoms with E-state index in [1.807, 2.05) is 48.5 Å². The van der Waals surface area contributed by atoms with Crippen LogP contribution in [0.4, 0.5) is 11.4 Å². The maximum atomic E-state index is 12.6. The molecule has 0 saturated heterocycles. The molecular formula is C23H21BrN3O3+. The van der Waals surface area contributed by atoms with Crippen LogP contribution in [-0.2, 0) is 11.2 Å². The van der Waals surface area contributed by atoms with Crippen molar-refractivity contribution in [3.8, 4) is 11.1 Å². The number of nitrogens with two attached hydrogens (primary N) is 1. The largest absolute Gasteiger partial charge is 0.348 e. The van der Waals surface area contributed by atoms with Gasteiger partial charge in [-0.15, -0.1) is 0 Å². The topological polar surface area (TPSA) is 86.3 Å². The molecule has 1 aliphatic heterocycles. The summed E-state index contributed by atoms with van der Waals surface area (Å²) < 4.78 is 1.02. The lowest BCUT2D eigenvalue weighted by atomic mass is 9.99. The van der Waals surface area contributed by atoms with E-state index in [4.69, 9.17) is 0 Å². The minimum Gasteiger partial charge on any atom is -0.327 e. The minimum absolute atomic E-state index is 0.0706. The highest BCUT2D eigenvalue weighted by Gasteiger charge is 2.33. The molecule has 1 atom stereocenters. The molecule has 3 aromatic rings. The van der Waals surface area contributed by atoms with E-state index >= 15 is 0 Å². The summed E-state index contributed by atoms with van der Waals surface area (Å²) in [6.07, 6.45) is -0.889. The third-order valence-corrected chi connectivity index (χ3v) is 5.68. The van der Waals surface area contributed by atoms with Crippen molar-refractivity contribution in [2.75, 3.05) is 17.3 Å². The fourth-order valence-corrected chi connectivity index (χ4v) is 3.82. The lowest BCUT2D eigenvalue weighted by molar-refractivity contribution is -0.637. The van der Waals surface area contributed by atoms with Crippen LogP contribution in [0.3, 0.4) is 0 Å². The zero-order valence-corrected chi connectivity index (χ0v) is 17.9. The molecule has 1 heterocycles. The molecule has 7 heteroatoms. The minimum atomic E-state index is -0.960. The van der Waals surface area contributed by atoms with Crippen LogP contribution in [0.5, 0.6) is 0 Å². The summed E-state index contributed by atoms with van der Waals surface area (Å²) in [5.74, 6) is -0.473. The number of rotatable bonds is 4. The number of aliphatic hydroxyl groups is 1. The molecule has 0 bridgehead atoms. The zero-order chi connectivity index (χ0) is 21.3. The number of hydrogen-bond acceptors (Lipinski definition) is 4. The lowest BCUT2D eigenvalue weighted by Crippen LogP contribution is -2.98. The Balaban J connectivity index is 1.48. The van der Waals surface area contributed by atoms with Gasteiger partial charge >= 0.3 is 5.91 Å². The summed E-state index contributed by atoms with van der Waals surface area (Å²) in [6.45, 7) is 0. The van der Waals surface area contributed by atoms with Crippen molar-refractivity contribution in [1.82, 2.24) is 0 Å². The molecule has 0 aromatic heterocycles. The number of primary amides is 1. The van der Waals surface area contributed by atoms with Crippen molar-refractivity contribution >= 4 is 39.1 Å². The van der Waals surface area contributed by atoms with E-state index < -0.39 is 6.35 Å². The summed E-state index contributed by atoms with van der Waals surface area (Å²) in [5.41, 5.74) is 4.56. The molecule has 2 amide bonds. The molecule has 0 saturated carbocycles. The zero-order valence-electron chi connectivity index (χ0n) is 16.3. The van der Waals surface area contributed by atoms with Gasteiger partial charge in [-0.2, -0.15) is 0 Å². The monoisotopic (exact) mass is 466 g/mol. The van der Waals surface area contributed by atoms with Crippen LogP contribution < -0.4 is 15.5 Å². The van der Waals surface area contributed by atoms with Crippen molar-refractivity contribution in [3.63, 3.8) is 0 Å². The summed E-state index contributed by atoms with van der Waals surface area (Å²) in [5, 5.41) is 14.1. The fraction of sp³-hybridized carbons (Fsp3) is 0.130. The molecule has 3 aromatic carbocycles.